The van der Waals surface area contributed by atoms with Crippen molar-refractivity contribution in [2.75, 3.05) is 6.54 Å². The summed E-state index contributed by atoms with van der Waals surface area (Å²) in [5, 5.41) is 0.655. The molecule has 0 bridgehead atoms. The highest BCUT2D eigenvalue weighted by Crippen LogP contribution is 2.40. The molecule has 34 heavy (non-hydrogen) atoms. The van der Waals surface area contributed by atoms with Crippen LogP contribution in [0, 0.1) is 0 Å². The van der Waals surface area contributed by atoms with E-state index in [1.54, 1.807) is 18.2 Å². The number of nitrogens with one attached hydrogen (secondary N) is 1. The second kappa shape index (κ2) is 10.7. The molecule has 2 aromatic carbocycles. The van der Waals surface area contributed by atoms with Crippen molar-refractivity contribution in [3.8, 4) is 0 Å². The van der Waals surface area contributed by atoms with Crippen molar-refractivity contribution >= 4 is 55.2 Å². The predicted molar refractivity (Wildman–Crippen MR) is 138 cm³/mol. The number of nitrogens with two attached hydrogens (primary N) is 1. The van der Waals surface area contributed by atoms with Crippen LogP contribution < -0.4 is 10.5 Å². The highest BCUT2D eigenvalue weighted by atomic mass is 35.5. The Balaban J connectivity index is 0.00000324. The van der Waals surface area contributed by atoms with Crippen molar-refractivity contribution in [1.82, 2.24) is 4.72 Å². The summed E-state index contributed by atoms with van der Waals surface area (Å²) >= 11 is 6.93. The lowest BCUT2D eigenvalue weighted by Crippen LogP contribution is -2.45. The molecule has 1 heterocycles. The minimum atomic E-state index is -3.85. The zero-order valence-electron chi connectivity index (χ0n) is 18.2. The lowest BCUT2D eigenvalue weighted by atomic mass is 9.68. The first-order valence-corrected chi connectivity index (χ1v) is 14.7. The maximum Gasteiger partial charge on any atom is 0.250 e. The van der Waals surface area contributed by atoms with E-state index in [0.717, 1.165) is 29.7 Å². The number of sulfone groups is 1. The fourth-order valence-corrected chi connectivity index (χ4v) is 9.00. The van der Waals surface area contributed by atoms with E-state index < -0.39 is 19.9 Å². The average molecular weight is 562 g/mol. The van der Waals surface area contributed by atoms with E-state index >= 15 is 0 Å². The average Bonchev–Trinajstić information content (AvgIpc) is 3.33. The van der Waals surface area contributed by atoms with Crippen LogP contribution in [0.3, 0.4) is 0 Å². The molecule has 1 aliphatic carbocycles. The Labute approximate surface area is 215 Å². The third-order valence-electron chi connectivity index (χ3n) is 6.23. The van der Waals surface area contributed by atoms with E-state index in [2.05, 4.69) is 4.72 Å². The van der Waals surface area contributed by atoms with Crippen LogP contribution in [0.25, 0.3) is 0 Å². The summed E-state index contributed by atoms with van der Waals surface area (Å²) in [5.74, 6) is 0. The highest BCUT2D eigenvalue weighted by Gasteiger charge is 2.37. The molecule has 0 amide bonds. The van der Waals surface area contributed by atoms with Gasteiger partial charge in [-0.1, -0.05) is 41.9 Å². The van der Waals surface area contributed by atoms with Gasteiger partial charge in [0, 0.05) is 23.0 Å². The molecular formula is C23H26Cl2N2O4S3. The number of hydrogen-bond donors (Lipinski definition) is 2. The van der Waals surface area contributed by atoms with Crippen LogP contribution in [0.1, 0.15) is 31.2 Å². The fourth-order valence-electron chi connectivity index (χ4n) is 4.30. The van der Waals surface area contributed by atoms with Gasteiger partial charge in [-0.05, 0) is 67.6 Å². The molecule has 0 aliphatic heterocycles. The monoisotopic (exact) mass is 560 g/mol. The summed E-state index contributed by atoms with van der Waals surface area (Å²) in [4.78, 5) is 0.134. The van der Waals surface area contributed by atoms with Gasteiger partial charge in [0.2, 0.25) is 19.9 Å². The number of hydrogen-bond acceptors (Lipinski definition) is 6. The molecule has 11 heteroatoms. The molecule has 1 fully saturated rings. The zero-order chi connectivity index (χ0) is 23.7. The Morgan fingerprint density at radius 2 is 1.59 bits per heavy atom. The van der Waals surface area contributed by atoms with Gasteiger partial charge >= 0.3 is 0 Å². The van der Waals surface area contributed by atoms with Gasteiger partial charge in [0.1, 0.15) is 8.42 Å². The van der Waals surface area contributed by atoms with Crippen LogP contribution in [0.5, 0.6) is 0 Å². The quantitative estimate of drug-likeness (QED) is 0.432. The first-order valence-electron chi connectivity index (χ1n) is 10.5. The van der Waals surface area contributed by atoms with E-state index in [4.69, 9.17) is 17.3 Å². The number of sulfonamides is 1. The lowest BCUT2D eigenvalue weighted by Gasteiger charge is -2.40. The van der Waals surface area contributed by atoms with Crippen LogP contribution in [0.15, 0.2) is 80.0 Å². The third kappa shape index (κ3) is 5.51. The first kappa shape index (κ1) is 27.1. The van der Waals surface area contributed by atoms with E-state index in [1.807, 2.05) is 24.3 Å². The smallest absolute Gasteiger partial charge is 0.250 e. The summed E-state index contributed by atoms with van der Waals surface area (Å²) < 4.78 is 54.3. The van der Waals surface area contributed by atoms with Gasteiger partial charge in [-0.25, -0.2) is 21.6 Å². The Kier molecular flexibility index (Phi) is 8.50. The standard InChI is InChI=1S/C23H25ClN2O4S3.ClH/c24-18-6-4-5-17(15-18)23(16-25)13-11-19(12-14-23)26-33(29,30)22-10-9-21(31-22)32(27,28)20-7-2-1-3-8-20;/h1-10,15,19,26H,11-14,16,25H2;1H/t19-,23-;. The largest absolute Gasteiger partial charge is 0.330 e. The first-order chi connectivity index (χ1) is 15.7. The van der Waals surface area contributed by atoms with Gasteiger partial charge in [0.05, 0.1) is 4.90 Å². The molecule has 4 rings (SSSR count). The molecule has 1 aliphatic rings. The molecule has 1 aromatic heterocycles. The Hall–Kier alpha value is -1.46. The maximum atomic E-state index is 13.0. The molecule has 3 aromatic rings. The lowest BCUT2D eigenvalue weighted by molar-refractivity contribution is 0.267. The molecule has 0 spiro atoms. The summed E-state index contributed by atoms with van der Waals surface area (Å²) in [6.07, 6.45) is 2.72. The minimum absolute atomic E-state index is 0. The third-order valence-corrected chi connectivity index (χ3v) is 11.8. The SMILES string of the molecule is Cl.NC[C@]1(c2cccc(Cl)c2)CC[C@H](NS(=O)(=O)c2ccc(S(=O)(=O)c3ccccc3)s2)CC1. The van der Waals surface area contributed by atoms with Crippen molar-refractivity contribution < 1.29 is 16.8 Å². The summed E-state index contributed by atoms with van der Waals surface area (Å²) in [6.45, 7) is 0.457. The number of thiophene rings is 1. The van der Waals surface area contributed by atoms with E-state index in [-0.39, 0.29) is 37.2 Å². The zero-order valence-corrected chi connectivity index (χ0v) is 22.2. The van der Waals surface area contributed by atoms with Gasteiger partial charge in [-0.15, -0.1) is 23.7 Å². The predicted octanol–water partition coefficient (Wildman–Crippen LogP) is 4.77. The molecule has 6 nitrogen and oxygen atoms in total. The Morgan fingerprint density at radius 3 is 2.21 bits per heavy atom. The highest BCUT2D eigenvalue weighted by molar-refractivity contribution is 7.95. The normalized spacial score (nSPS) is 21.1. The summed E-state index contributed by atoms with van der Waals surface area (Å²) in [7, 11) is -7.61. The van der Waals surface area contributed by atoms with Crippen LogP contribution >= 0.6 is 35.3 Å². The molecule has 0 saturated heterocycles. The number of halogens is 2. The maximum absolute atomic E-state index is 13.0. The van der Waals surface area contributed by atoms with E-state index in [1.165, 1.54) is 24.3 Å². The second-order valence-electron chi connectivity index (χ2n) is 8.28. The summed E-state index contributed by atoms with van der Waals surface area (Å²) in [6, 6.07) is 18.1. The Bertz CT molecular complexity index is 1340. The van der Waals surface area contributed by atoms with Gasteiger partial charge < -0.3 is 5.73 Å². The number of rotatable bonds is 7. The van der Waals surface area contributed by atoms with Gasteiger partial charge in [-0.3, -0.25) is 0 Å². The van der Waals surface area contributed by atoms with E-state index in [9.17, 15) is 16.8 Å². The molecular weight excluding hydrogens is 535 g/mol. The Morgan fingerprint density at radius 1 is 0.941 bits per heavy atom. The van der Waals surface area contributed by atoms with E-state index in [0.29, 0.717) is 24.4 Å². The molecule has 184 valence electrons. The van der Waals surface area contributed by atoms with Crippen molar-refractivity contribution in [2.45, 2.75) is 50.5 Å². The molecule has 3 N–H and O–H groups in total. The molecule has 1 saturated carbocycles. The van der Waals surface area contributed by atoms with Gasteiger partial charge in [-0.2, -0.15) is 0 Å². The number of benzene rings is 2. The van der Waals surface area contributed by atoms with Crippen molar-refractivity contribution in [3.05, 3.63) is 77.3 Å². The minimum Gasteiger partial charge on any atom is -0.330 e. The molecule has 0 unspecified atom stereocenters. The molecule has 0 atom stereocenters. The topological polar surface area (TPSA) is 106 Å². The van der Waals surface area contributed by atoms with Crippen LogP contribution in [0.2, 0.25) is 5.02 Å². The summed E-state index contributed by atoms with van der Waals surface area (Å²) in [5.41, 5.74) is 6.99. The molecule has 0 radical (unpaired) electrons. The van der Waals surface area contributed by atoms with Crippen LogP contribution in [-0.2, 0) is 25.3 Å². The van der Waals surface area contributed by atoms with Crippen LogP contribution in [-0.4, -0.2) is 29.4 Å². The van der Waals surface area contributed by atoms with Crippen molar-refractivity contribution in [3.63, 3.8) is 0 Å². The van der Waals surface area contributed by atoms with Gasteiger partial charge in [0.15, 0.2) is 0 Å². The second-order valence-corrected chi connectivity index (χ2v) is 13.9. The van der Waals surface area contributed by atoms with Crippen LogP contribution in [0.4, 0.5) is 0 Å². The van der Waals surface area contributed by atoms with Crippen molar-refractivity contribution in [2.24, 2.45) is 5.73 Å². The van der Waals surface area contributed by atoms with Gasteiger partial charge in [0.25, 0.3) is 0 Å². The van der Waals surface area contributed by atoms with Crippen molar-refractivity contribution in [1.29, 1.82) is 0 Å². The fraction of sp³-hybridized carbons (Fsp3) is 0.304.